The SMILES string of the molecule is CN(C)C(=O)c1ccc(CNC(=O)/C=C/c2nc3ccccc3o2)cc1. The van der Waals surface area contributed by atoms with E-state index in [1.54, 1.807) is 26.2 Å². The van der Waals surface area contributed by atoms with Crippen molar-refractivity contribution >= 4 is 29.0 Å². The van der Waals surface area contributed by atoms with E-state index in [4.69, 9.17) is 4.42 Å². The zero-order valence-corrected chi connectivity index (χ0v) is 14.6. The molecule has 1 N–H and O–H groups in total. The summed E-state index contributed by atoms with van der Waals surface area (Å²) in [5.41, 5.74) is 2.95. The van der Waals surface area contributed by atoms with Crippen molar-refractivity contribution in [2.24, 2.45) is 0 Å². The molecule has 0 unspecified atom stereocenters. The molecule has 2 aromatic carbocycles. The Labute approximate surface area is 151 Å². The molecule has 0 aliphatic carbocycles. The van der Waals surface area contributed by atoms with E-state index in [0.717, 1.165) is 11.1 Å². The van der Waals surface area contributed by atoms with E-state index >= 15 is 0 Å². The van der Waals surface area contributed by atoms with Gasteiger partial charge in [-0.15, -0.1) is 0 Å². The normalized spacial score (nSPS) is 11.0. The molecule has 1 aromatic heterocycles. The predicted molar refractivity (Wildman–Crippen MR) is 99.3 cm³/mol. The first-order valence-electron chi connectivity index (χ1n) is 8.15. The minimum Gasteiger partial charge on any atom is -0.437 e. The van der Waals surface area contributed by atoms with Crippen molar-refractivity contribution in [1.29, 1.82) is 0 Å². The Hall–Kier alpha value is -3.41. The van der Waals surface area contributed by atoms with Crippen LogP contribution in [-0.2, 0) is 11.3 Å². The van der Waals surface area contributed by atoms with Crippen LogP contribution < -0.4 is 5.32 Å². The van der Waals surface area contributed by atoms with Crippen molar-refractivity contribution in [2.45, 2.75) is 6.54 Å². The number of fused-ring (bicyclic) bond motifs is 1. The number of amides is 2. The Morgan fingerprint density at radius 2 is 1.85 bits per heavy atom. The van der Waals surface area contributed by atoms with Crippen LogP contribution in [0.5, 0.6) is 0 Å². The molecule has 3 rings (SSSR count). The Kier molecular flexibility index (Phi) is 5.12. The molecule has 6 heteroatoms. The van der Waals surface area contributed by atoms with Crippen LogP contribution in [-0.4, -0.2) is 35.8 Å². The maximum Gasteiger partial charge on any atom is 0.253 e. The summed E-state index contributed by atoms with van der Waals surface area (Å²) in [7, 11) is 3.42. The summed E-state index contributed by atoms with van der Waals surface area (Å²) in [5.74, 6) is 0.0791. The molecule has 0 spiro atoms. The second kappa shape index (κ2) is 7.65. The van der Waals surface area contributed by atoms with Gasteiger partial charge in [0.2, 0.25) is 11.8 Å². The first-order chi connectivity index (χ1) is 12.5. The Balaban J connectivity index is 1.56. The quantitative estimate of drug-likeness (QED) is 0.719. The minimum atomic E-state index is -0.249. The maximum absolute atomic E-state index is 11.9. The van der Waals surface area contributed by atoms with Gasteiger partial charge in [-0.05, 0) is 29.8 Å². The van der Waals surface area contributed by atoms with Crippen molar-refractivity contribution in [3.63, 3.8) is 0 Å². The van der Waals surface area contributed by atoms with Crippen LogP contribution in [0.4, 0.5) is 0 Å². The number of oxazole rings is 1. The van der Waals surface area contributed by atoms with E-state index in [0.29, 0.717) is 23.6 Å². The second-order valence-electron chi connectivity index (χ2n) is 5.97. The van der Waals surface area contributed by atoms with E-state index in [-0.39, 0.29) is 11.8 Å². The lowest BCUT2D eigenvalue weighted by Gasteiger charge is -2.10. The maximum atomic E-state index is 11.9. The molecule has 132 valence electrons. The molecule has 0 bridgehead atoms. The lowest BCUT2D eigenvalue weighted by molar-refractivity contribution is -0.116. The van der Waals surface area contributed by atoms with Gasteiger partial charge in [0.05, 0.1) is 0 Å². The van der Waals surface area contributed by atoms with Crippen molar-refractivity contribution in [2.75, 3.05) is 14.1 Å². The highest BCUT2D eigenvalue weighted by Crippen LogP contribution is 2.15. The van der Waals surface area contributed by atoms with E-state index in [1.165, 1.54) is 17.1 Å². The van der Waals surface area contributed by atoms with Gasteiger partial charge in [0.15, 0.2) is 5.58 Å². The number of hydrogen-bond acceptors (Lipinski definition) is 4. The van der Waals surface area contributed by atoms with Gasteiger partial charge in [0, 0.05) is 38.4 Å². The highest BCUT2D eigenvalue weighted by atomic mass is 16.3. The third-order valence-electron chi connectivity index (χ3n) is 3.76. The van der Waals surface area contributed by atoms with Gasteiger partial charge in [-0.3, -0.25) is 9.59 Å². The first kappa shape index (κ1) is 17.4. The summed E-state index contributed by atoms with van der Waals surface area (Å²) in [6.07, 6.45) is 2.92. The molecule has 1 heterocycles. The van der Waals surface area contributed by atoms with Crippen LogP contribution in [0.25, 0.3) is 17.2 Å². The van der Waals surface area contributed by atoms with Gasteiger partial charge in [0.1, 0.15) is 5.52 Å². The molecule has 3 aromatic rings. The second-order valence-corrected chi connectivity index (χ2v) is 5.97. The van der Waals surface area contributed by atoms with Crippen LogP contribution in [0.3, 0.4) is 0 Å². The molecule has 0 fully saturated rings. The number of nitrogens with zero attached hydrogens (tertiary/aromatic N) is 2. The average molecular weight is 349 g/mol. The number of carbonyl (C=O) groups excluding carboxylic acids is 2. The number of rotatable bonds is 5. The number of nitrogens with one attached hydrogen (secondary N) is 1. The summed E-state index contributed by atoms with van der Waals surface area (Å²) in [6, 6.07) is 14.6. The van der Waals surface area contributed by atoms with Gasteiger partial charge >= 0.3 is 0 Å². The van der Waals surface area contributed by atoms with Crippen molar-refractivity contribution in [3.05, 3.63) is 71.6 Å². The van der Waals surface area contributed by atoms with Crippen LogP contribution in [0, 0.1) is 0 Å². The molecule has 0 aliphatic heterocycles. The van der Waals surface area contributed by atoms with Gasteiger partial charge < -0.3 is 14.6 Å². The van der Waals surface area contributed by atoms with Crippen molar-refractivity contribution < 1.29 is 14.0 Å². The Morgan fingerprint density at radius 1 is 1.12 bits per heavy atom. The van der Waals surface area contributed by atoms with E-state index in [1.807, 2.05) is 36.4 Å². The average Bonchev–Trinajstić information content (AvgIpc) is 3.07. The van der Waals surface area contributed by atoms with Crippen LogP contribution in [0.15, 0.2) is 59.0 Å². The molecule has 26 heavy (non-hydrogen) atoms. The van der Waals surface area contributed by atoms with E-state index in [2.05, 4.69) is 10.3 Å². The van der Waals surface area contributed by atoms with Crippen LogP contribution in [0.2, 0.25) is 0 Å². The summed E-state index contributed by atoms with van der Waals surface area (Å²) >= 11 is 0. The summed E-state index contributed by atoms with van der Waals surface area (Å²) < 4.78 is 5.52. The number of benzene rings is 2. The molecule has 0 saturated heterocycles. The summed E-state index contributed by atoms with van der Waals surface area (Å²) in [5, 5.41) is 2.78. The third-order valence-corrected chi connectivity index (χ3v) is 3.76. The molecule has 0 radical (unpaired) electrons. The van der Waals surface area contributed by atoms with E-state index in [9.17, 15) is 9.59 Å². The number of hydrogen-bond donors (Lipinski definition) is 1. The Morgan fingerprint density at radius 3 is 2.54 bits per heavy atom. The molecule has 0 saturated carbocycles. The number of para-hydroxylation sites is 2. The molecule has 0 aliphatic rings. The summed E-state index contributed by atoms with van der Waals surface area (Å²) in [4.78, 5) is 29.6. The zero-order chi connectivity index (χ0) is 18.5. The van der Waals surface area contributed by atoms with Gasteiger partial charge in [0.25, 0.3) is 5.91 Å². The molecular weight excluding hydrogens is 330 g/mol. The monoisotopic (exact) mass is 349 g/mol. The fraction of sp³-hybridized carbons (Fsp3) is 0.150. The molecule has 0 atom stereocenters. The van der Waals surface area contributed by atoms with Crippen molar-refractivity contribution in [3.8, 4) is 0 Å². The zero-order valence-electron chi connectivity index (χ0n) is 14.6. The van der Waals surface area contributed by atoms with Gasteiger partial charge in [-0.25, -0.2) is 4.98 Å². The van der Waals surface area contributed by atoms with Crippen LogP contribution >= 0.6 is 0 Å². The Bertz CT molecular complexity index is 923. The van der Waals surface area contributed by atoms with Crippen LogP contribution in [0.1, 0.15) is 21.8 Å². The lowest BCUT2D eigenvalue weighted by Crippen LogP contribution is -2.22. The first-order valence-corrected chi connectivity index (χ1v) is 8.15. The predicted octanol–water partition coefficient (Wildman–Crippen LogP) is 2.86. The lowest BCUT2D eigenvalue weighted by atomic mass is 10.1. The summed E-state index contributed by atoms with van der Waals surface area (Å²) in [6.45, 7) is 0.368. The number of aromatic nitrogens is 1. The largest absolute Gasteiger partial charge is 0.437 e. The minimum absolute atomic E-state index is 0.0538. The molecule has 2 amide bonds. The molecule has 6 nitrogen and oxygen atoms in total. The number of carbonyl (C=O) groups is 2. The fourth-order valence-electron chi connectivity index (χ4n) is 2.38. The standard InChI is InChI=1S/C20H19N3O3/c1-23(2)20(25)15-9-7-14(8-10-15)13-21-18(24)11-12-19-22-16-5-3-4-6-17(16)26-19/h3-12H,13H2,1-2H3,(H,21,24)/b12-11+. The van der Waals surface area contributed by atoms with Gasteiger partial charge in [-0.2, -0.15) is 0 Å². The van der Waals surface area contributed by atoms with Crippen molar-refractivity contribution in [1.82, 2.24) is 15.2 Å². The molecular formula is C20H19N3O3. The fourth-order valence-corrected chi connectivity index (χ4v) is 2.38. The highest BCUT2D eigenvalue weighted by Gasteiger charge is 2.07. The highest BCUT2D eigenvalue weighted by molar-refractivity contribution is 5.94. The third kappa shape index (κ3) is 4.16. The smallest absolute Gasteiger partial charge is 0.253 e. The topological polar surface area (TPSA) is 75.4 Å². The van der Waals surface area contributed by atoms with E-state index < -0.39 is 0 Å². The van der Waals surface area contributed by atoms with Gasteiger partial charge in [-0.1, -0.05) is 24.3 Å².